The number of hydrogen-bond donors (Lipinski definition) is 0. The summed E-state index contributed by atoms with van der Waals surface area (Å²) in [6, 6.07) is 5.33. The third-order valence-corrected chi connectivity index (χ3v) is 2.48. The van der Waals surface area contributed by atoms with Crippen molar-refractivity contribution in [2.45, 2.75) is 19.8 Å². The fourth-order valence-electron chi connectivity index (χ4n) is 1.54. The average Bonchev–Trinajstić information content (AvgIpc) is 2.23. The van der Waals surface area contributed by atoms with Gasteiger partial charge in [-0.1, -0.05) is 19.9 Å². The molecule has 78 valence electrons. The molecule has 0 fully saturated rings. The second-order valence-corrected chi connectivity index (χ2v) is 3.85. The van der Waals surface area contributed by atoms with Crippen molar-refractivity contribution in [2.75, 3.05) is 0 Å². The van der Waals surface area contributed by atoms with Crippen LogP contribution in [0.3, 0.4) is 0 Å². The van der Waals surface area contributed by atoms with Crippen LogP contribution in [0, 0.1) is 10.1 Å². The third kappa shape index (κ3) is 1.58. The molecule has 2 aromatic rings. The van der Waals surface area contributed by atoms with Crippen LogP contribution in [0.2, 0.25) is 0 Å². The van der Waals surface area contributed by atoms with Gasteiger partial charge in [0.15, 0.2) is 0 Å². The number of aromatic nitrogens is 2. The van der Waals surface area contributed by atoms with E-state index >= 15 is 0 Å². The predicted octanol–water partition coefficient (Wildman–Crippen LogP) is 2.03. The molecule has 15 heavy (non-hydrogen) atoms. The number of nitrogens with zero attached hydrogens (tertiary/aromatic N) is 2. The standard InChI is InChI=1S/C11H12N2O2/c1-8(2)9-3-4-10-11(7-9)13(15)6-5-12(10)14/h3-8H,1-2H3. The van der Waals surface area contributed by atoms with Crippen LogP contribution in [0.5, 0.6) is 0 Å². The van der Waals surface area contributed by atoms with Gasteiger partial charge in [0.1, 0.15) is 5.52 Å². The molecule has 0 amide bonds. The van der Waals surface area contributed by atoms with Gasteiger partial charge in [0, 0.05) is 11.0 Å². The van der Waals surface area contributed by atoms with E-state index < -0.39 is 0 Å². The quantitative estimate of drug-likeness (QED) is 0.667. The Morgan fingerprint density at radius 3 is 2.80 bits per heavy atom. The first-order valence-corrected chi connectivity index (χ1v) is 4.84. The second-order valence-electron chi connectivity index (χ2n) is 3.85. The van der Waals surface area contributed by atoms with Gasteiger partial charge >= 0.3 is 0 Å². The summed E-state index contributed by atoms with van der Waals surface area (Å²) < 4.78 is 1.42. The van der Waals surface area contributed by atoms with Crippen molar-refractivity contribution < 1.29 is 4.43 Å². The molecule has 4 heteroatoms. The van der Waals surface area contributed by atoms with Gasteiger partial charge in [-0.05, 0) is 17.5 Å². The fourth-order valence-corrected chi connectivity index (χ4v) is 1.54. The number of hydrogen-bond acceptors (Lipinski definition) is 2. The van der Waals surface area contributed by atoms with E-state index in [1.54, 1.807) is 12.1 Å². The zero-order chi connectivity index (χ0) is 11.0. The van der Waals surface area contributed by atoms with E-state index in [0.29, 0.717) is 21.4 Å². The van der Waals surface area contributed by atoms with E-state index in [9.17, 15) is 10.1 Å². The topological polar surface area (TPSA) is 51.0 Å². The molecular formula is C11H12N2O2. The maximum absolute atomic E-state index is 11.5. The molecule has 0 N–H and O–H groups in total. The van der Waals surface area contributed by atoms with Gasteiger partial charge in [-0.25, -0.2) is 0 Å². The summed E-state index contributed by atoms with van der Waals surface area (Å²) in [5.41, 5.74) is 1.87. The molecule has 2 rings (SSSR count). The summed E-state index contributed by atoms with van der Waals surface area (Å²) in [6.07, 6.45) is 2.43. The van der Waals surface area contributed by atoms with Gasteiger partial charge in [0.2, 0.25) is 6.20 Å². The zero-order valence-electron chi connectivity index (χ0n) is 8.68. The van der Waals surface area contributed by atoms with Crippen molar-refractivity contribution in [3.05, 3.63) is 46.3 Å². The van der Waals surface area contributed by atoms with E-state index in [1.165, 1.54) is 12.4 Å². The molecule has 1 heterocycles. The molecule has 0 unspecified atom stereocenters. The maximum atomic E-state index is 11.5. The summed E-state index contributed by atoms with van der Waals surface area (Å²) >= 11 is 0. The Labute approximate surface area is 87.0 Å². The minimum absolute atomic E-state index is 0.342. The Balaban J connectivity index is 2.81. The first-order valence-electron chi connectivity index (χ1n) is 4.84. The first-order chi connectivity index (χ1) is 7.09. The van der Waals surface area contributed by atoms with Gasteiger partial charge in [-0.3, -0.25) is 0 Å². The van der Waals surface area contributed by atoms with Crippen LogP contribution in [0.25, 0.3) is 11.0 Å². The Morgan fingerprint density at radius 2 is 2.13 bits per heavy atom. The molecule has 4 nitrogen and oxygen atoms in total. The molecule has 0 spiro atoms. The lowest BCUT2D eigenvalue weighted by Gasteiger charge is -2.12. The van der Waals surface area contributed by atoms with E-state index in [2.05, 4.69) is 0 Å². The van der Waals surface area contributed by atoms with Crippen molar-refractivity contribution >= 4 is 11.0 Å². The van der Waals surface area contributed by atoms with Gasteiger partial charge in [-0.15, -0.1) is 0 Å². The Bertz CT molecular complexity index is 558. The summed E-state index contributed by atoms with van der Waals surface area (Å²) in [5, 5.41) is 11.5. The highest BCUT2D eigenvalue weighted by molar-refractivity contribution is 5.72. The third-order valence-electron chi connectivity index (χ3n) is 2.48. The van der Waals surface area contributed by atoms with Crippen LogP contribution in [0.1, 0.15) is 25.3 Å². The second kappa shape index (κ2) is 3.38. The van der Waals surface area contributed by atoms with Crippen molar-refractivity contribution in [1.82, 2.24) is 4.73 Å². The van der Waals surface area contributed by atoms with Crippen LogP contribution in [0.4, 0.5) is 0 Å². The largest absolute Gasteiger partial charge is 0.805 e. The van der Waals surface area contributed by atoms with Crippen LogP contribution in [-0.4, -0.2) is 4.73 Å². The molecule has 0 aliphatic rings. The maximum Gasteiger partial charge on any atom is 0.285 e. The van der Waals surface area contributed by atoms with E-state index in [4.69, 9.17) is 0 Å². The summed E-state index contributed by atoms with van der Waals surface area (Å²) in [4.78, 5) is 11.4. The van der Waals surface area contributed by atoms with Crippen molar-refractivity contribution in [2.24, 2.45) is 0 Å². The van der Waals surface area contributed by atoms with E-state index in [-0.39, 0.29) is 0 Å². The van der Waals surface area contributed by atoms with Crippen molar-refractivity contribution in [3.63, 3.8) is 0 Å². The number of rotatable bonds is 1. The number of fused-ring (bicyclic) bond motifs is 1. The van der Waals surface area contributed by atoms with E-state index in [1.807, 2.05) is 19.9 Å². The molecule has 0 bridgehead atoms. The molecule has 1 aromatic carbocycles. The molecule has 0 saturated heterocycles. The van der Waals surface area contributed by atoms with E-state index in [0.717, 1.165) is 10.3 Å². The Hall–Kier alpha value is -1.84. The van der Waals surface area contributed by atoms with Gasteiger partial charge in [-0.2, -0.15) is 0 Å². The lowest BCUT2D eigenvalue weighted by atomic mass is 10.0. The van der Waals surface area contributed by atoms with Crippen LogP contribution in [-0.2, 0) is 0 Å². The fraction of sp³-hybridized carbons (Fsp3) is 0.273. The molecular weight excluding hydrogens is 192 g/mol. The minimum Gasteiger partial charge on any atom is -0.805 e. The highest BCUT2D eigenvalue weighted by atomic mass is 16.5. The lowest BCUT2D eigenvalue weighted by Crippen LogP contribution is -2.16. The smallest absolute Gasteiger partial charge is 0.285 e. The van der Waals surface area contributed by atoms with Crippen LogP contribution >= 0.6 is 0 Å². The number of benzene rings is 1. The van der Waals surface area contributed by atoms with Crippen molar-refractivity contribution in [1.29, 1.82) is 0 Å². The SMILES string of the molecule is CC(C)c1ccc2c(c1)n([O-])cc[n+]2=O. The van der Waals surface area contributed by atoms with Crippen molar-refractivity contribution in [3.8, 4) is 0 Å². The highest BCUT2D eigenvalue weighted by Gasteiger charge is 2.08. The van der Waals surface area contributed by atoms with Crippen LogP contribution < -0.4 is 4.43 Å². The monoisotopic (exact) mass is 204 g/mol. The normalized spacial score (nSPS) is 11.1. The highest BCUT2D eigenvalue weighted by Crippen LogP contribution is 2.18. The Kier molecular flexibility index (Phi) is 2.19. The average molecular weight is 204 g/mol. The summed E-state index contributed by atoms with van der Waals surface area (Å²) in [7, 11) is 0. The van der Waals surface area contributed by atoms with Gasteiger partial charge in [0.25, 0.3) is 5.52 Å². The van der Waals surface area contributed by atoms with Gasteiger partial charge < -0.3 is 9.94 Å². The van der Waals surface area contributed by atoms with Gasteiger partial charge in [0.05, 0.1) is 10.6 Å². The molecule has 0 saturated carbocycles. The minimum atomic E-state index is 0.342. The predicted molar refractivity (Wildman–Crippen MR) is 58.2 cm³/mol. The molecule has 0 aliphatic carbocycles. The Morgan fingerprint density at radius 1 is 1.40 bits per heavy atom. The summed E-state index contributed by atoms with van der Waals surface area (Å²) in [5.74, 6) is 0.342. The molecule has 0 aliphatic heterocycles. The first kappa shape index (κ1) is 9.71. The zero-order valence-corrected chi connectivity index (χ0v) is 8.68. The lowest BCUT2D eigenvalue weighted by molar-refractivity contribution is -0.464. The summed E-state index contributed by atoms with van der Waals surface area (Å²) in [6.45, 7) is 4.09. The van der Waals surface area contributed by atoms with Crippen LogP contribution in [0.15, 0.2) is 30.6 Å². The molecule has 0 atom stereocenters. The molecule has 0 radical (unpaired) electrons. The molecule has 1 aromatic heterocycles.